The molecule has 0 aliphatic rings. The second-order valence-corrected chi connectivity index (χ2v) is 5.93. The minimum absolute atomic E-state index is 0.127. The predicted octanol–water partition coefficient (Wildman–Crippen LogP) is 4.29. The molecule has 0 amide bonds. The molecule has 2 nitrogen and oxygen atoms in total. The van der Waals surface area contributed by atoms with Gasteiger partial charge in [0.25, 0.3) is 0 Å². The fourth-order valence-electron chi connectivity index (χ4n) is 2.93. The van der Waals surface area contributed by atoms with Crippen molar-refractivity contribution in [3.05, 3.63) is 108 Å². The van der Waals surface area contributed by atoms with Gasteiger partial charge in [0.05, 0.1) is 12.1 Å². The highest BCUT2D eigenvalue weighted by Crippen LogP contribution is 2.28. The predicted molar refractivity (Wildman–Crippen MR) is 98.7 cm³/mol. The van der Waals surface area contributed by atoms with Gasteiger partial charge in [-0.15, -0.1) is 0 Å². The number of aliphatic hydroxyl groups excluding tert-OH is 1. The molecule has 2 N–H and O–H groups in total. The first kappa shape index (κ1) is 16.4. The van der Waals surface area contributed by atoms with Gasteiger partial charge in [-0.1, -0.05) is 91.0 Å². The van der Waals surface area contributed by atoms with Crippen LogP contribution in [-0.4, -0.2) is 11.7 Å². The highest BCUT2D eigenvalue weighted by atomic mass is 16.3. The Labute approximate surface area is 143 Å². The van der Waals surface area contributed by atoms with Gasteiger partial charge in [0.15, 0.2) is 0 Å². The minimum atomic E-state index is -0.579. The van der Waals surface area contributed by atoms with Gasteiger partial charge in [-0.2, -0.15) is 0 Å². The fraction of sp³-hybridized carbons (Fsp3) is 0.182. The van der Waals surface area contributed by atoms with Gasteiger partial charge in [0.1, 0.15) is 0 Å². The number of rotatable bonds is 7. The molecule has 0 heterocycles. The van der Waals surface area contributed by atoms with E-state index in [0.29, 0.717) is 0 Å². The zero-order valence-corrected chi connectivity index (χ0v) is 13.7. The van der Waals surface area contributed by atoms with Crippen molar-refractivity contribution in [2.45, 2.75) is 18.6 Å². The van der Waals surface area contributed by atoms with Gasteiger partial charge < -0.3 is 10.4 Å². The van der Waals surface area contributed by atoms with Crippen LogP contribution in [0.5, 0.6) is 0 Å². The van der Waals surface area contributed by atoms with Crippen molar-refractivity contribution in [2.75, 3.05) is 6.54 Å². The first-order valence-corrected chi connectivity index (χ1v) is 8.40. The lowest BCUT2D eigenvalue weighted by molar-refractivity contribution is 0.129. The van der Waals surface area contributed by atoms with Crippen LogP contribution in [0.4, 0.5) is 0 Å². The number of aliphatic hydroxyl groups is 1. The summed E-state index contributed by atoms with van der Waals surface area (Å²) in [6.45, 7) is 0.813. The molecule has 2 heteroatoms. The summed E-state index contributed by atoms with van der Waals surface area (Å²) in [5, 5.41) is 14.4. The van der Waals surface area contributed by atoms with Crippen LogP contribution in [-0.2, 0) is 6.42 Å². The third kappa shape index (κ3) is 4.31. The SMILES string of the molecule is OC(c1ccccc1)C(NCCc1ccccc1)c1ccccc1. The minimum Gasteiger partial charge on any atom is -0.386 e. The molecule has 0 fully saturated rings. The number of hydrogen-bond donors (Lipinski definition) is 2. The summed E-state index contributed by atoms with van der Waals surface area (Å²) in [5.41, 5.74) is 3.33. The van der Waals surface area contributed by atoms with Crippen molar-refractivity contribution in [1.82, 2.24) is 5.32 Å². The molecule has 24 heavy (non-hydrogen) atoms. The van der Waals surface area contributed by atoms with Crippen molar-refractivity contribution in [2.24, 2.45) is 0 Å². The third-order valence-electron chi connectivity index (χ3n) is 4.24. The molecule has 0 bridgehead atoms. The molecule has 2 unspecified atom stereocenters. The van der Waals surface area contributed by atoms with E-state index in [1.165, 1.54) is 5.56 Å². The highest BCUT2D eigenvalue weighted by molar-refractivity contribution is 5.26. The van der Waals surface area contributed by atoms with E-state index >= 15 is 0 Å². The summed E-state index contributed by atoms with van der Waals surface area (Å²) < 4.78 is 0. The fourth-order valence-corrected chi connectivity index (χ4v) is 2.93. The molecule has 2 atom stereocenters. The summed E-state index contributed by atoms with van der Waals surface area (Å²) >= 11 is 0. The van der Waals surface area contributed by atoms with Gasteiger partial charge in [-0.3, -0.25) is 0 Å². The van der Waals surface area contributed by atoms with E-state index in [1.807, 2.05) is 54.6 Å². The first-order valence-electron chi connectivity index (χ1n) is 8.40. The molecule has 122 valence electrons. The van der Waals surface area contributed by atoms with Gasteiger partial charge in [0, 0.05) is 0 Å². The zero-order valence-electron chi connectivity index (χ0n) is 13.7. The smallest absolute Gasteiger partial charge is 0.0984 e. The Morgan fingerprint density at radius 2 is 1.17 bits per heavy atom. The van der Waals surface area contributed by atoms with Crippen molar-refractivity contribution in [1.29, 1.82) is 0 Å². The van der Waals surface area contributed by atoms with Crippen LogP contribution >= 0.6 is 0 Å². The Morgan fingerprint density at radius 3 is 1.75 bits per heavy atom. The Bertz CT molecular complexity index is 713. The van der Waals surface area contributed by atoms with E-state index < -0.39 is 6.10 Å². The average molecular weight is 317 g/mol. The maximum Gasteiger partial charge on any atom is 0.0984 e. The Morgan fingerprint density at radius 1 is 0.667 bits per heavy atom. The Balaban J connectivity index is 1.73. The zero-order chi connectivity index (χ0) is 16.6. The number of benzene rings is 3. The molecule has 3 rings (SSSR count). The molecular weight excluding hydrogens is 294 g/mol. The largest absolute Gasteiger partial charge is 0.386 e. The van der Waals surface area contributed by atoms with Crippen LogP contribution in [0, 0.1) is 0 Å². The Kier molecular flexibility index (Phi) is 5.78. The molecule has 0 spiro atoms. The van der Waals surface area contributed by atoms with E-state index in [9.17, 15) is 5.11 Å². The maximum absolute atomic E-state index is 10.9. The number of nitrogens with one attached hydrogen (secondary N) is 1. The molecule has 0 radical (unpaired) electrons. The lowest BCUT2D eigenvalue weighted by Gasteiger charge is -2.25. The monoisotopic (exact) mass is 317 g/mol. The third-order valence-corrected chi connectivity index (χ3v) is 4.24. The van der Waals surface area contributed by atoms with E-state index in [0.717, 1.165) is 24.1 Å². The van der Waals surface area contributed by atoms with Gasteiger partial charge in [-0.05, 0) is 29.7 Å². The van der Waals surface area contributed by atoms with Crippen molar-refractivity contribution in [3.8, 4) is 0 Å². The molecule has 0 aliphatic carbocycles. The maximum atomic E-state index is 10.9. The van der Waals surface area contributed by atoms with Gasteiger partial charge >= 0.3 is 0 Å². The molecule has 0 saturated heterocycles. The second-order valence-electron chi connectivity index (χ2n) is 5.93. The van der Waals surface area contributed by atoms with E-state index in [1.54, 1.807) is 0 Å². The van der Waals surface area contributed by atoms with E-state index in [2.05, 4.69) is 41.7 Å². The van der Waals surface area contributed by atoms with Crippen LogP contribution in [0.25, 0.3) is 0 Å². The van der Waals surface area contributed by atoms with Gasteiger partial charge in [-0.25, -0.2) is 0 Å². The van der Waals surface area contributed by atoms with E-state index in [-0.39, 0.29) is 6.04 Å². The molecule has 3 aromatic rings. The van der Waals surface area contributed by atoms with Crippen molar-refractivity contribution < 1.29 is 5.11 Å². The topological polar surface area (TPSA) is 32.3 Å². The summed E-state index contributed by atoms with van der Waals surface area (Å²) in [5.74, 6) is 0. The first-order chi connectivity index (χ1) is 11.8. The van der Waals surface area contributed by atoms with Crippen molar-refractivity contribution >= 4 is 0 Å². The lowest BCUT2D eigenvalue weighted by atomic mass is 9.95. The lowest BCUT2D eigenvalue weighted by Crippen LogP contribution is -2.29. The van der Waals surface area contributed by atoms with Crippen LogP contribution in [0.15, 0.2) is 91.0 Å². The Hall–Kier alpha value is -2.42. The molecule has 0 saturated carbocycles. The quantitative estimate of drug-likeness (QED) is 0.681. The standard InChI is InChI=1S/C22H23NO/c24-22(20-14-8-3-9-15-20)21(19-12-6-2-7-13-19)23-17-16-18-10-4-1-5-11-18/h1-15,21-24H,16-17H2. The van der Waals surface area contributed by atoms with Crippen LogP contribution < -0.4 is 5.32 Å². The highest BCUT2D eigenvalue weighted by Gasteiger charge is 2.21. The number of hydrogen-bond acceptors (Lipinski definition) is 2. The average Bonchev–Trinajstić information content (AvgIpc) is 2.67. The van der Waals surface area contributed by atoms with Crippen LogP contribution in [0.2, 0.25) is 0 Å². The molecule has 0 aromatic heterocycles. The van der Waals surface area contributed by atoms with Crippen molar-refractivity contribution in [3.63, 3.8) is 0 Å². The van der Waals surface area contributed by atoms with E-state index in [4.69, 9.17) is 0 Å². The summed E-state index contributed by atoms with van der Waals surface area (Å²) in [4.78, 5) is 0. The second kappa shape index (κ2) is 8.44. The summed E-state index contributed by atoms with van der Waals surface area (Å²) in [6.07, 6.45) is 0.357. The summed E-state index contributed by atoms with van der Waals surface area (Å²) in [7, 11) is 0. The van der Waals surface area contributed by atoms with Crippen LogP contribution in [0.1, 0.15) is 28.8 Å². The normalized spacial score (nSPS) is 13.4. The molecule has 3 aromatic carbocycles. The van der Waals surface area contributed by atoms with Gasteiger partial charge in [0.2, 0.25) is 0 Å². The summed E-state index contributed by atoms with van der Waals surface area (Å²) in [6, 6.07) is 30.3. The molecule has 0 aliphatic heterocycles. The molecular formula is C22H23NO. The van der Waals surface area contributed by atoms with Crippen LogP contribution in [0.3, 0.4) is 0 Å².